The molecular weight excluding hydrogens is 290 g/mol. The van der Waals surface area contributed by atoms with Crippen molar-refractivity contribution in [2.24, 2.45) is 5.84 Å². The molecule has 23 heavy (non-hydrogen) atoms. The molecule has 1 heterocycles. The van der Waals surface area contributed by atoms with E-state index in [0.717, 1.165) is 22.3 Å². The smallest absolute Gasteiger partial charge is 0.267 e. The van der Waals surface area contributed by atoms with Crippen LogP contribution in [-0.4, -0.2) is 17.6 Å². The summed E-state index contributed by atoms with van der Waals surface area (Å²) in [6.45, 7) is 3.96. The fourth-order valence-electron chi connectivity index (χ4n) is 2.91. The molecular formula is C18H19N3O2. The first-order valence-corrected chi connectivity index (χ1v) is 7.34. The standard InChI is InChI=1S/C18H19N3O2/c1-11-4-6-13(7-5-11)21-12(2)17(18(22)20-19)15-10-14(23-3)8-9-16(15)21/h4-10H,19H2,1-3H3,(H,20,22). The molecule has 2 aromatic carbocycles. The number of fused-ring (bicyclic) bond motifs is 1. The minimum absolute atomic E-state index is 0.313. The van der Waals surface area contributed by atoms with Crippen LogP contribution in [0, 0.1) is 13.8 Å². The fraction of sp³-hybridized carbons (Fsp3) is 0.167. The van der Waals surface area contributed by atoms with E-state index in [0.29, 0.717) is 11.3 Å². The van der Waals surface area contributed by atoms with Crippen LogP contribution in [-0.2, 0) is 0 Å². The highest BCUT2D eigenvalue weighted by Crippen LogP contribution is 2.32. The van der Waals surface area contributed by atoms with Gasteiger partial charge in [-0.1, -0.05) is 17.7 Å². The topological polar surface area (TPSA) is 69.3 Å². The van der Waals surface area contributed by atoms with Gasteiger partial charge in [-0.3, -0.25) is 10.2 Å². The zero-order valence-corrected chi connectivity index (χ0v) is 13.4. The predicted octanol–water partition coefficient (Wildman–Crippen LogP) is 2.86. The number of carbonyl (C=O) groups excluding carboxylic acids is 1. The number of benzene rings is 2. The SMILES string of the molecule is COc1ccc2c(c1)c(C(=O)NN)c(C)n2-c1ccc(C)cc1. The molecule has 0 aliphatic carbocycles. The van der Waals surface area contributed by atoms with E-state index in [4.69, 9.17) is 10.6 Å². The largest absolute Gasteiger partial charge is 0.497 e. The van der Waals surface area contributed by atoms with Gasteiger partial charge in [-0.15, -0.1) is 0 Å². The highest BCUT2D eigenvalue weighted by Gasteiger charge is 2.20. The molecule has 1 aromatic heterocycles. The Morgan fingerprint density at radius 1 is 1.13 bits per heavy atom. The van der Waals surface area contributed by atoms with Crippen molar-refractivity contribution in [2.45, 2.75) is 13.8 Å². The summed E-state index contributed by atoms with van der Waals surface area (Å²) in [5, 5.41) is 0.811. The van der Waals surface area contributed by atoms with Crippen molar-refractivity contribution in [3.05, 3.63) is 59.3 Å². The maximum Gasteiger partial charge on any atom is 0.267 e. The molecule has 0 bridgehead atoms. The van der Waals surface area contributed by atoms with Gasteiger partial charge in [0.2, 0.25) is 0 Å². The molecule has 3 rings (SSSR count). The first kappa shape index (κ1) is 15.1. The van der Waals surface area contributed by atoms with Crippen LogP contribution in [0.25, 0.3) is 16.6 Å². The number of nitrogens with zero attached hydrogens (tertiary/aromatic N) is 1. The monoisotopic (exact) mass is 309 g/mol. The molecule has 3 N–H and O–H groups in total. The number of hydrogen-bond acceptors (Lipinski definition) is 3. The quantitative estimate of drug-likeness (QED) is 0.444. The van der Waals surface area contributed by atoms with Crippen LogP contribution in [0.1, 0.15) is 21.6 Å². The van der Waals surface area contributed by atoms with Crippen molar-refractivity contribution in [1.29, 1.82) is 0 Å². The minimum atomic E-state index is -0.313. The van der Waals surface area contributed by atoms with Crippen molar-refractivity contribution in [1.82, 2.24) is 9.99 Å². The lowest BCUT2D eigenvalue weighted by Crippen LogP contribution is -2.30. The van der Waals surface area contributed by atoms with Crippen LogP contribution in [0.3, 0.4) is 0 Å². The van der Waals surface area contributed by atoms with Crippen LogP contribution in [0.2, 0.25) is 0 Å². The number of nitrogens with two attached hydrogens (primary N) is 1. The van der Waals surface area contributed by atoms with Crippen LogP contribution in [0.4, 0.5) is 0 Å². The zero-order valence-electron chi connectivity index (χ0n) is 13.4. The number of methoxy groups -OCH3 is 1. The van der Waals surface area contributed by atoms with Gasteiger partial charge in [0.25, 0.3) is 5.91 Å². The number of nitrogens with one attached hydrogen (secondary N) is 1. The Labute approximate surface area is 134 Å². The molecule has 0 unspecified atom stereocenters. The van der Waals surface area contributed by atoms with E-state index in [1.807, 2.05) is 56.3 Å². The van der Waals surface area contributed by atoms with E-state index in [1.54, 1.807) is 7.11 Å². The van der Waals surface area contributed by atoms with E-state index < -0.39 is 0 Å². The van der Waals surface area contributed by atoms with Gasteiger partial charge in [-0.2, -0.15) is 0 Å². The summed E-state index contributed by atoms with van der Waals surface area (Å²) < 4.78 is 7.34. The van der Waals surface area contributed by atoms with Crippen LogP contribution in [0.15, 0.2) is 42.5 Å². The second-order valence-corrected chi connectivity index (χ2v) is 5.49. The normalized spacial score (nSPS) is 10.8. The van der Waals surface area contributed by atoms with Gasteiger partial charge in [-0.05, 0) is 44.2 Å². The summed E-state index contributed by atoms with van der Waals surface area (Å²) in [5.74, 6) is 5.75. The van der Waals surface area contributed by atoms with E-state index in [1.165, 1.54) is 5.56 Å². The van der Waals surface area contributed by atoms with Gasteiger partial charge in [0.05, 0.1) is 18.2 Å². The summed E-state index contributed by atoms with van der Waals surface area (Å²) >= 11 is 0. The molecule has 1 amide bonds. The van der Waals surface area contributed by atoms with Crippen LogP contribution >= 0.6 is 0 Å². The van der Waals surface area contributed by atoms with Gasteiger partial charge in [0.15, 0.2) is 0 Å². The number of amides is 1. The van der Waals surface area contributed by atoms with Gasteiger partial charge in [0.1, 0.15) is 5.75 Å². The Morgan fingerprint density at radius 3 is 2.43 bits per heavy atom. The first-order valence-electron chi connectivity index (χ1n) is 7.34. The molecule has 0 aliphatic heterocycles. The van der Waals surface area contributed by atoms with Gasteiger partial charge in [-0.25, -0.2) is 5.84 Å². The highest BCUT2D eigenvalue weighted by atomic mass is 16.5. The zero-order chi connectivity index (χ0) is 16.6. The molecule has 0 atom stereocenters. The number of ether oxygens (including phenoxy) is 1. The molecule has 0 radical (unpaired) electrons. The maximum absolute atomic E-state index is 12.3. The molecule has 0 fully saturated rings. The Kier molecular flexibility index (Phi) is 3.80. The highest BCUT2D eigenvalue weighted by molar-refractivity contribution is 6.09. The Hall–Kier alpha value is -2.79. The van der Waals surface area contributed by atoms with E-state index >= 15 is 0 Å². The second kappa shape index (κ2) is 5.78. The third kappa shape index (κ3) is 2.45. The Balaban J connectivity index is 2.35. The van der Waals surface area contributed by atoms with Crippen molar-refractivity contribution in [2.75, 3.05) is 7.11 Å². The average Bonchev–Trinajstić information content (AvgIpc) is 2.86. The van der Waals surface area contributed by atoms with Crippen molar-refractivity contribution in [3.63, 3.8) is 0 Å². The average molecular weight is 309 g/mol. The number of carbonyl (C=O) groups is 1. The summed E-state index contributed by atoms with van der Waals surface area (Å²) in [6, 6.07) is 13.9. The van der Waals surface area contributed by atoms with Crippen molar-refractivity contribution < 1.29 is 9.53 Å². The molecule has 0 aliphatic rings. The summed E-state index contributed by atoms with van der Waals surface area (Å²) in [6.07, 6.45) is 0. The summed E-state index contributed by atoms with van der Waals surface area (Å²) in [4.78, 5) is 12.3. The third-order valence-electron chi connectivity index (χ3n) is 4.06. The maximum atomic E-state index is 12.3. The Bertz CT molecular complexity index is 879. The molecule has 0 spiro atoms. The molecule has 0 saturated heterocycles. The van der Waals surface area contributed by atoms with E-state index in [-0.39, 0.29) is 5.91 Å². The summed E-state index contributed by atoms with van der Waals surface area (Å²) in [7, 11) is 1.60. The lowest BCUT2D eigenvalue weighted by Gasteiger charge is -2.09. The van der Waals surface area contributed by atoms with Crippen LogP contribution < -0.4 is 16.0 Å². The van der Waals surface area contributed by atoms with Crippen LogP contribution in [0.5, 0.6) is 5.75 Å². The van der Waals surface area contributed by atoms with Gasteiger partial charge >= 0.3 is 0 Å². The number of rotatable bonds is 3. The number of aromatic nitrogens is 1. The molecule has 0 saturated carbocycles. The lowest BCUT2D eigenvalue weighted by molar-refractivity contribution is 0.0954. The molecule has 3 aromatic rings. The fourth-order valence-corrected chi connectivity index (χ4v) is 2.91. The predicted molar refractivity (Wildman–Crippen MR) is 91.0 cm³/mol. The Morgan fingerprint density at radius 2 is 1.83 bits per heavy atom. The third-order valence-corrected chi connectivity index (χ3v) is 4.06. The van der Waals surface area contributed by atoms with E-state index in [2.05, 4.69) is 9.99 Å². The number of hydrazine groups is 1. The number of aryl methyl sites for hydroxylation is 1. The van der Waals surface area contributed by atoms with Gasteiger partial charge < -0.3 is 9.30 Å². The second-order valence-electron chi connectivity index (χ2n) is 5.49. The number of nitrogen functional groups attached to an aromatic ring is 1. The van der Waals surface area contributed by atoms with Crippen molar-refractivity contribution >= 4 is 16.8 Å². The molecule has 118 valence electrons. The molecule has 5 nitrogen and oxygen atoms in total. The number of hydrogen-bond donors (Lipinski definition) is 2. The first-order chi connectivity index (χ1) is 11.1. The minimum Gasteiger partial charge on any atom is -0.497 e. The van der Waals surface area contributed by atoms with E-state index in [9.17, 15) is 4.79 Å². The lowest BCUT2D eigenvalue weighted by atomic mass is 10.1. The van der Waals surface area contributed by atoms with Crippen molar-refractivity contribution in [3.8, 4) is 11.4 Å². The van der Waals surface area contributed by atoms with Gasteiger partial charge in [0, 0.05) is 16.8 Å². The summed E-state index contributed by atoms with van der Waals surface area (Å²) in [5.41, 5.74) is 6.74. The molecule has 5 heteroatoms.